The average molecular weight is 657 g/mol. The summed E-state index contributed by atoms with van der Waals surface area (Å²) in [7, 11) is 0. The minimum Gasteiger partial charge on any atom is -0.458 e. The zero-order valence-electron chi connectivity index (χ0n) is 31.2. The Balaban J connectivity index is 1.85. The summed E-state index contributed by atoms with van der Waals surface area (Å²) in [6, 6.07) is 0. The van der Waals surface area contributed by atoms with Gasteiger partial charge in [0.05, 0.1) is 6.61 Å². The molecule has 262 valence electrons. The largest absolute Gasteiger partial charge is 0.458 e. The molecule has 1 atom stereocenters. The normalized spacial score (nSPS) is 20.5. The Bertz CT molecular complexity index is 1460. The molecule has 2 rings (SSSR count). The maximum absolute atomic E-state index is 12.4. The molecule has 2 aliphatic carbocycles. The van der Waals surface area contributed by atoms with Gasteiger partial charge in [-0.25, -0.2) is 9.59 Å². The summed E-state index contributed by atoms with van der Waals surface area (Å²) < 4.78 is 10.5. The van der Waals surface area contributed by atoms with E-state index in [2.05, 4.69) is 79.7 Å². The van der Waals surface area contributed by atoms with E-state index in [-0.39, 0.29) is 17.4 Å². The lowest BCUT2D eigenvalue weighted by atomic mass is 9.72. The number of carbonyl (C=O) groups is 2. The van der Waals surface area contributed by atoms with Crippen molar-refractivity contribution < 1.29 is 24.2 Å². The fraction of sp³-hybridized carbons (Fsp3) is 0.488. The third-order valence-electron chi connectivity index (χ3n) is 9.14. The van der Waals surface area contributed by atoms with Gasteiger partial charge < -0.3 is 14.6 Å². The maximum atomic E-state index is 12.4. The van der Waals surface area contributed by atoms with Crippen LogP contribution in [0.1, 0.15) is 108 Å². The molecule has 0 aromatic rings. The van der Waals surface area contributed by atoms with Gasteiger partial charge in [0.15, 0.2) is 6.10 Å². The predicted octanol–water partition coefficient (Wildman–Crippen LogP) is 10.5. The van der Waals surface area contributed by atoms with Crippen molar-refractivity contribution in [2.75, 3.05) is 13.2 Å². The highest BCUT2D eigenvalue weighted by atomic mass is 16.6. The average Bonchev–Trinajstić information content (AvgIpc) is 2.98. The SMILES string of the molecule is CC1=C(/C=C/C(C)=C/C=C/C(C)=C/C(=O)OC[C@@H](CO)OC(=O)/C=C(C)/C=C/C=C(C)/C=C/C2=C(C)CCCC2(C)C)C(C)(C)CCC1. The Kier molecular flexibility index (Phi) is 16.3. The lowest BCUT2D eigenvalue weighted by Gasteiger charge is -2.33. The van der Waals surface area contributed by atoms with Gasteiger partial charge in [0.1, 0.15) is 6.61 Å². The van der Waals surface area contributed by atoms with Crippen molar-refractivity contribution in [1.29, 1.82) is 0 Å². The first kappa shape index (κ1) is 40.5. The summed E-state index contributed by atoms with van der Waals surface area (Å²) in [5.41, 5.74) is 9.81. The molecule has 5 nitrogen and oxygen atoms in total. The molecule has 0 fully saturated rings. The summed E-state index contributed by atoms with van der Waals surface area (Å²) in [5.74, 6) is -1.18. The molecule has 0 radical (unpaired) electrons. The van der Waals surface area contributed by atoms with Crippen LogP contribution in [-0.4, -0.2) is 36.4 Å². The maximum Gasteiger partial charge on any atom is 0.331 e. The van der Waals surface area contributed by atoms with E-state index in [0.29, 0.717) is 11.1 Å². The van der Waals surface area contributed by atoms with Gasteiger partial charge in [-0.1, -0.05) is 111 Å². The van der Waals surface area contributed by atoms with Gasteiger partial charge in [0.2, 0.25) is 0 Å². The fourth-order valence-electron chi connectivity index (χ4n) is 6.27. The first-order valence-electron chi connectivity index (χ1n) is 17.4. The number of esters is 2. The Hall–Kier alpha value is -3.70. The van der Waals surface area contributed by atoms with Crippen LogP contribution >= 0.6 is 0 Å². The van der Waals surface area contributed by atoms with Crippen LogP contribution in [0.25, 0.3) is 0 Å². The molecule has 0 aromatic carbocycles. The Morgan fingerprint density at radius 2 is 1.15 bits per heavy atom. The molecule has 0 aromatic heterocycles. The molecule has 0 amide bonds. The number of hydrogen-bond acceptors (Lipinski definition) is 5. The van der Waals surface area contributed by atoms with Crippen molar-refractivity contribution in [1.82, 2.24) is 0 Å². The minimum atomic E-state index is -0.960. The molecule has 0 saturated carbocycles. The van der Waals surface area contributed by atoms with Crippen molar-refractivity contribution in [3.8, 4) is 0 Å². The number of carbonyl (C=O) groups excluding carboxylic acids is 2. The topological polar surface area (TPSA) is 72.8 Å². The molecular weight excluding hydrogens is 596 g/mol. The summed E-state index contributed by atoms with van der Waals surface area (Å²) in [6.45, 7) is 20.7. The quantitative estimate of drug-likeness (QED) is 0.114. The van der Waals surface area contributed by atoms with Crippen LogP contribution in [0.5, 0.6) is 0 Å². The van der Waals surface area contributed by atoms with E-state index in [1.54, 1.807) is 6.92 Å². The van der Waals surface area contributed by atoms with Gasteiger partial charge in [-0.15, -0.1) is 0 Å². The summed E-state index contributed by atoms with van der Waals surface area (Å²) in [6.07, 6.45) is 29.2. The Morgan fingerprint density at radius 1 is 0.708 bits per heavy atom. The van der Waals surface area contributed by atoms with E-state index in [4.69, 9.17) is 9.47 Å². The van der Waals surface area contributed by atoms with Gasteiger partial charge in [-0.2, -0.15) is 0 Å². The van der Waals surface area contributed by atoms with Crippen LogP contribution in [0.2, 0.25) is 0 Å². The first-order valence-corrected chi connectivity index (χ1v) is 17.4. The molecule has 48 heavy (non-hydrogen) atoms. The molecule has 5 heteroatoms. The summed E-state index contributed by atoms with van der Waals surface area (Å²) in [5, 5.41) is 9.68. The van der Waals surface area contributed by atoms with Crippen molar-refractivity contribution >= 4 is 11.9 Å². The van der Waals surface area contributed by atoms with Gasteiger partial charge in [0.25, 0.3) is 0 Å². The number of aliphatic hydroxyl groups excluding tert-OH is 1. The molecule has 0 saturated heterocycles. The number of hydrogen-bond donors (Lipinski definition) is 1. The van der Waals surface area contributed by atoms with Crippen LogP contribution in [0, 0.1) is 10.8 Å². The van der Waals surface area contributed by atoms with E-state index in [9.17, 15) is 14.7 Å². The lowest BCUT2D eigenvalue weighted by Crippen LogP contribution is -2.27. The standard InChI is InChI=1S/C43H60O5/c1-31(21-23-38-35(5)19-13-25-42(38,7)8)15-11-17-33(3)27-40(45)47-30-37(29-44)48-41(46)28-34(4)18-12-16-32(2)22-24-39-36(6)20-14-26-43(39,9)10/h11-12,15-18,21-24,27-28,37,44H,13-14,19-20,25-26,29-30H2,1-10H3/b17-11+,18-12+,23-21+,24-22+,31-15+,32-16+,33-27+,34-28+/t37-/m1/s1. The van der Waals surface area contributed by atoms with Gasteiger partial charge in [-0.05, 0) is 113 Å². The van der Waals surface area contributed by atoms with Crippen molar-refractivity contribution in [3.63, 3.8) is 0 Å². The van der Waals surface area contributed by atoms with Crippen LogP contribution in [0.3, 0.4) is 0 Å². The predicted molar refractivity (Wildman–Crippen MR) is 200 cm³/mol. The van der Waals surface area contributed by atoms with Crippen molar-refractivity contribution in [2.45, 2.75) is 114 Å². The number of rotatable bonds is 14. The Labute approximate surface area is 291 Å². The summed E-state index contributed by atoms with van der Waals surface area (Å²) >= 11 is 0. The molecule has 0 unspecified atom stereocenters. The first-order chi connectivity index (χ1) is 22.5. The van der Waals surface area contributed by atoms with E-state index >= 15 is 0 Å². The number of ether oxygens (including phenoxy) is 2. The molecule has 2 aliphatic rings. The van der Waals surface area contributed by atoms with Crippen LogP contribution in [0.4, 0.5) is 0 Å². The second kappa shape index (κ2) is 19.3. The molecular formula is C43H60O5. The summed E-state index contributed by atoms with van der Waals surface area (Å²) in [4.78, 5) is 24.8. The zero-order chi connectivity index (χ0) is 35.9. The molecule has 0 bridgehead atoms. The smallest absolute Gasteiger partial charge is 0.331 e. The van der Waals surface area contributed by atoms with Crippen molar-refractivity contribution in [2.24, 2.45) is 10.8 Å². The van der Waals surface area contributed by atoms with Gasteiger partial charge in [0, 0.05) is 12.2 Å². The lowest BCUT2D eigenvalue weighted by molar-refractivity contribution is -0.155. The number of allylic oxidation sites excluding steroid dienone is 18. The van der Waals surface area contributed by atoms with Crippen LogP contribution in [-0.2, 0) is 19.1 Å². The highest BCUT2D eigenvalue weighted by Gasteiger charge is 2.27. The van der Waals surface area contributed by atoms with Crippen LogP contribution < -0.4 is 0 Å². The highest BCUT2D eigenvalue weighted by Crippen LogP contribution is 2.41. The molecule has 1 N–H and O–H groups in total. The Morgan fingerprint density at radius 3 is 1.56 bits per heavy atom. The van der Waals surface area contributed by atoms with E-state index in [0.717, 1.165) is 24.0 Å². The number of aliphatic hydroxyl groups is 1. The zero-order valence-corrected chi connectivity index (χ0v) is 31.2. The third-order valence-corrected chi connectivity index (χ3v) is 9.14. The van der Waals surface area contributed by atoms with Gasteiger partial charge in [-0.3, -0.25) is 0 Å². The van der Waals surface area contributed by atoms with Gasteiger partial charge >= 0.3 is 11.9 Å². The fourth-order valence-corrected chi connectivity index (χ4v) is 6.27. The minimum absolute atomic E-state index is 0.199. The molecule has 0 spiro atoms. The molecule has 0 aliphatic heterocycles. The molecule has 0 heterocycles. The van der Waals surface area contributed by atoms with E-state index < -0.39 is 24.6 Å². The third kappa shape index (κ3) is 14.2. The second-order valence-electron chi connectivity index (χ2n) is 14.7. The highest BCUT2D eigenvalue weighted by molar-refractivity contribution is 5.84. The van der Waals surface area contributed by atoms with Crippen LogP contribution in [0.15, 0.2) is 117 Å². The van der Waals surface area contributed by atoms with Crippen molar-refractivity contribution in [3.05, 3.63) is 117 Å². The second-order valence-corrected chi connectivity index (χ2v) is 14.7. The van der Waals surface area contributed by atoms with E-state index in [1.807, 2.05) is 43.4 Å². The van der Waals surface area contributed by atoms with E-state index in [1.165, 1.54) is 60.1 Å². The monoisotopic (exact) mass is 656 g/mol.